The molecule has 16 heavy (non-hydrogen) atoms. The van der Waals surface area contributed by atoms with Gasteiger partial charge in [-0.1, -0.05) is 6.92 Å². The zero-order valence-electron chi connectivity index (χ0n) is 9.82. The summed E-state index contributed by atoms with van der Waals surface area (Å²) in [6.45, 7) is 5.19. The molecule has 1 aromatic rings. The van der Waals surface area contributed by atoms with E-state index in [-0.39, 0.29) is 0 Å². The van der Waals surface area contributed by atoms with Gasteiger partial charge in [-0.05, 0) is 25.7 Å². The lowest BCUT2D eigenvalue weighted by atomic mass is 10.1. The predicted octanol–water partition coefficient (Wildman–Crippen LogP) is 1.68. The van der Waals surface area contributed by atoms with E-state index in [0.717, 1.165) is 31.9 Å². The summed E-state index contributed by atoms with van der Waals surface area (Å²) in [7, 11) is 0. The Kier molecular flexibility index (Phi) is 3.91. The van der Waals surface area contributed by atoms with Crippen LogP contribution in [0.1, 0.15) is 32.6 Å². The van der Waals surface area contributed by atoms with Gasteiger partial charge in [0.1, 0.15) is 0 Å². The van der Waals surface area contributed by atoms with Gasteiger partial charge in [0.25, 0.3) is 0 Å². The maximum absolute atomic E-state index is 4.48. The van der Waals surface area contributed by atoms with E-state index in [1.807, 2.05) is 0 Å². The predicted molar refractivity (Wildman–Crippen MR) is 64.7 cm³/mol. The Morgan fingerprint density at radius 3 is 2.88 bits per heavy atom. The van der Waals surface area contributed by atoms with Crippen LogP contribution in [0.4, 0.5) is 11.8 Å². The average molecular weight is 221 g/mol. The van der Waals surface area contributed by atoms with Crippen LogP contribution >= 0.6 is 0 Å². The van der Waals surface area contributed by atoms with Crippen LogP contribution in [-0.2, 0) is 0 Å². The highest BCUT2D eigenvalue weighted by Crippen LogP contribution is 2.16. The van der Waals surface area contributed by atoms with E-state index in [0.29, 0.717) is 5.95 Å². The summed E-state index contributed by atoms with van der Waals surface area (Å²) in [4.78, 5) is 6.76. The minimum atomic E-state index is 0.643. The molecule has 0 aliphatic carbocycles. The number of piperidine rings is 1. The molecule has 1 aromatic heterocycles. The van der Waals surface area contributed by atoms with E-state index in [4.69, 9.17) is 0 Å². The molecule has 5 nitrogen and oxygen atoms in total. The van der Waals surface area contributed by atoms with E-state index in [9.17, 15) is 0 Å². The van der Waals surface area contributed by atoms with Gasteiger partial charge >= 0.3 is 0 Å². The van der Waals surface area contributed by atoms with E-state index in [1.54, 1.807) is 6.20 Å². The fraction of sp³-hybridized carbons (Fsp3) is 0.727. The SMILES string of the molecule is CCCNc1nncc(N2CCCCC2)n1. The number of nitrogens with zero attached hydrogens (tertiary/aromatic N) is 4. The van der Waals surface area contributed by atoms with Gasteiger partial charge in [-0.15, -0.1) is 5.10 Å². The molecule has 0 radical (unpaired) electrons. The lowest BCUT2D eigenvalue weighted by molar-refractivity contribution is 0.572. The fourth-order valence-corrected chi connectivity index (χ4v) is 1.88. The average Bonchev–Trinajstić information content (AvgIpc) is 2.38. The molecule has 0 unspecified atom stereocenters. The Morgan fingerprint density at radius 2 is 2.12 bits per heavy atom. The molecule has 0 amide bonds. The van der Waals surface area contributed by atoms with E-state index >= 15 is 0 Å². The van der Waals surface area contributed by atoms with Crippen molar-refractivity contribution in [1.82, 2.24) is 15.2 Å². The highest BCUT2D eigenvalue weighted by molar-refractivity contribution is 5.40. The van der Waals surface area contributed by atoms with Crippen LogP contribution in [0.25, 0.3) is 0 Å². The molecule has 1 aliphatic heterocycles. The molecule has 1 aliphatic rings. The topological polar surface area (TPSA) is 53.9 Å². The van der Waals surface area contributed by atoms with Gasteiger partial charge in [-0.2, -0.15) is 10.1 Å². The minimum Gasteiger partial charge on any atom is -0.355 e. The molecule has 2 heterocycles. The number of hydrogen-bond acceptors (Lipinski definition) is 5. The van der Waals surface area contributed by atoms with Gasteiger partial charge in [0, 0.05) is 19.6 Å². The molecule has 0 atom stereocenters. The van der Waals surface area contributed by atoms with Crippen LogP contribution < -0.4 is 10.2 Å². The number of aromatic nitrogens is 3. The monoisotopic (exact) mass is 221 g/mol. The van der Waals surface area contributed by atoms with Crippen molar-refractivity contribution in [2.75, 3.05) is 29.9 Å². The van der Waals surface area contributed by atoms with Gasteiger partial charge in [0.05, 0.1) is 6.20 Å². The van der Waals surface area contributed by atoms with Crippen LogP contribution in [0.5, 0.6) is 0 Å². The van der Waals surface area contributed by atoms with Crippen molar-refractivity contribution in [2.24, 2.45) is 0 Å². The molecule has 1 fully saturated rings. The molecule has 1 N–H and O–H groups in total. The smallest absolute Gasteiger partial charge is 0.244 e. The van der Waals surface area contributed by atoms with Crippen LogP contribution in [-0.4, -0.2) is 34.8 Å². The minimum absolute atomic E-state index is 0.643. The normalized spacial score (nSPS) is 16.2. The van der Waals surface area contributed by atoms with Crippen molar-refractivity contribution < 1.29 is 0 Å². The summed E-state index contributed by atoms with van der Waals surface area (Å²) in [6.07, 6.45) is 6.65. The van der Waals surface area contributed by atoms with Crippen molar-refractivity contribution in [3.63, 3.8) is 0 Å². The zero-order valence-corrected chi connectivity index (χ0v) is 9.82. The van der Waals surface area contributed by atoms with Gasteiger partial charge < -0.3 is 10.2 Å². The third-order valence-corrected chi connectivity index (χ3v) is 2.76. The molecule has 0 saturated carbocycles. The first-order chi connectivity index (χ1) is 7.90. The first-order valence-electron chi connectivity index (χ1n) is 6.08. The summed E-state index contributed by atoms with van der Waals surface area (Å²) in [5, 5.41) is 11.1. The molecule has 88 valence electrons. The first-order valence-corrected chi connectivity index (χ1v) is 6.08. The Balaban J connectivity index is 2.02. The largest absolute Gasteiger partial charge is 0.355 e. The van der Waals surface area contributed by atoms with E-state index in [1.165, 1.54) is 19.3 Å². The Hall–Kier alpha value is -1.39. The molecule has 0 bridgehead atoms. The maximum atomic E-state index is 4.48. The number of hydrogen-bond donors (Lipinski definition) is 1. The zero-order chi connectivity index (χ0) is 11.2. The molecule has 5 heteroatoms. The third-order valence-electron chi connectivity index (χ3n) is 2.76. The molecule has 0 aromatic carbocycles. The van der Waals surface area contributed by atoms with Crippen molar-refractivity contribution in [1.29, 1.82) is 0 Å². The highest BCUT2D eigenvalue weighted by atomic mass is 15.3. The number of anilines is 2. The summed E-state index contributed by atoms with van der Waals surface area (Å²) in [5.74, 6) is 1.60. The van der Waals surface area contributed by atoms with Crippen molar-refractivity contribution >= 4 is 11.8 Å². The number of nitrogens with one attached hydrogen (secondary N) is 1. The lowest BCUT2D eigenvalue weighted by Gasteiger charge is -2.27. The van der Waals surface area contributed by atoms with Gasteiger partial charge in [0.2, 0.25) is 5.95 Å². The van der Waals surface area contributed by atoms with Crippen LogP contribution in [0, 0.1) is 0 Å². The van der Waals surface area contributed by atoms with Crippen LogP contribution in [0.3, 0.4) is 0 Å². The van der Waals surface area contributed by atoms with Gasteiger partial charge in [0.15, 0.2) is 5.82 Å². The molecule has 0 spiro atoms. The number of rotatable bonds is 4. The maximum Gasteiger partial charge on any atom is 0.244 e. The third kappa shape index (κ3) is 2.81. The summed E-state index contributed by atoms with van der Waals surface area (Å²) >= 11 is 0. The Bertz CT molecular complexity index is 322. The second-order valence-corrected chi connectivity index (χ2v) is 4.11. The summed E-state index contributed by atoms with van der Waals surface area (Å²) < 4.78 is 0. The van der Waals surface area contributed by atoms with Crippen molar-refractivity contribution in [3.8, 4) is 0 Å². The summed E-state index contributed by atoms with van der Waals surface area (Å²) in [6, 6.07) is 0. The van der Waals surface area contributed by atoms with Gasteiger partial charge in [-0.25, -0.2) is 0 Å². The Labute approximate surface area is 96.3 Å². The van der Waals surface area contributed by atoms with Crippen molar-refractivity contribution in [3.05, 3.63) is 6.20 Å². The lowest BCUT2D eigenvalue weighted by Crippen LogP contribution is -2.30. The standard InChI is InChI=1S/C11H19N5/c1-2-6-12-11-14-10(9-13-15-11)16-7-4-3-5-8-16/h9H,2-8H2,1H3,(H,12,14,15). The molecule has 2 rings (SSSR count). The van der Waals surface area contributed by atoms with Gasteiger partial charge in [-0.3, -0.25) is 0 Å². The first kappa shape index (κ1) is 11.1. The van der Waals surface area contributed by atoms with Crippen LogP contribution in [0.2, 0.25) is 0 Å². The molecule has 1 saturated heterocycles. The van der Waals surface area contributed by atoms with E-state index < -0.39 is 0 Å². The summed E-state index contributed by atoms with van der Waals surface area (Å²) in [5.41, 5.74) is 0. The van der Waals surface area contributed by atoms with E-state index in [2.05, 4.69) is 32.3 Å². The Morgan fingerprint density at radius 1 is 1.31 bits per heavy atom. The van der Waals surface area contributed by atoms with Crippen LogP contribution in [0.15, 0.2) is 6.20 Å². The highest BCUT2D eigenvalue weighted by Gasteiger charge is 2.12. The van der Waals surface area contributed by atoms with Crippen molar-refractivity contribution in [2.45, 2.75) is 32.6 Å². The molecular weight excluding hydrogens is 202 g/mol. The fourth-order valence-electron chi connectivity index (χ4n) is 1.88. The quantitative estimate of drug-likeness (QED) is 0.838. The molecular formula is C11H19N5. The second kappa shape index (κ2) is 5.63. The second-order valence-electron chi connectivity index (χ2n) is 4.11.